The van der Waals surface area contributed by atoms with E-state index < -0.39 is 34.6 Å². The van der Waals surface area contributed by atoms with Crippen LogP contribution >= 0.6 is 0 Å². The summed E-state index contributed by atoms with van der Waals surface area (Å²) >= 11 is 0. The van der Waals surface area contributed by atoms with Crippen LogP contribution in [0.25, 0.3) is 0 Å². The SMILES string of the molecule is Fc1c(F)c(F)c(CCc2ccccc2)c(F)c1F. The van der Waals surface area contributed by atoms with E-state index in [0.29, 0.717) is 0 Å². The molecule has 0 saturated carbocycles. The van der Waals surface area contributed by atoms with Crippen molar-refractivity contribution in [1.82, 2.24) is 0 Å². The number of hydrogen-bond acceptors (Lipinski definition) is 0. The number of aryl methyl sites for hydroxylation is 1. The fourth-order valence-electron chi connectivity index (χ4n) is 1.78. The van der Waals surface area contributed by atoms with E-state index >= 15 is 0 Å². The van der Waals surface area contributed by atoms with Gasteiger partial charge in [-0.3, -0.25) is 0 Å². The predicted octanol–water partition coefficient (Wildman–Crippen LogP) is 4.17. The minimum absolute atomic E-state index is 0.194. The summed E-state index contributed by atoms with van der Waals surface area (Å²) in [6.45, 7) is 0. The molecule has 0 bridgehead atoms. The van der Waals surface area contributed by atoms with Gasteiger partial charge in [-0.05, 0) is 18.4 Å². The van der Waals surface area contributed by atoms with Crippen molar-refractivity contribution < 1.29 is 22.0 Å². The first-order chi connectivity index (χ1) is 9.02. The Morgan fingerprint density at radius 3 is 1.58 bits per heavy atom. The quantitative estimate of drug-likeness (QED) is 0.447. The third-order valence-corrected chi connectivity index (χ3v) is 2.81. The summed E-state index contributed by atoms with van der Waals surface area (Å²) in [5.41, 5.74) is -0.0216. The van der Waals surface area contributed by atoms with Crippen LogP contribution in [0.4, 0.5) is 22.0 Å². The van der Waals surface area contributed by atoms with Gasteiger partial charge in [0.2, 0.25) is 5.82 Å². The van der Waals surface area contributed by atoms with Crippen molar-refractivity contribution in [2.24, 2.45) is 0 Å². The lowest BCUT2D eigenvalue weighted by Gasteiger charge is -2.08. The Bertz CT molecular complexity index is 564. The highest BCUT2D eigenvalue weighted by Gasteiger charge is 2.25. The molecule has 100 valence electrons. The van der Waals surface area contributed by atoms with Gasteiger partial charge in [0.05, 0.1) is 0 Å². The van der Waals surface area contributed by atoms with E-state index in [1.165, 1.54) is 0 Å². The standard InChI is InChI=1S/C14H9F5/c15-10-9(7-6-8-4-2-1-3-5-8)11(16)13(18)14(19)12(10)17/h1-5H,6-7H2. The molecule has 2 aromatic rings. The van der Waals surface area contributed by atoms with Crippen molar-refractivity contribution in [3.8, 4) is 0 Å². The molecule has 0 aromatic heterocycles. The van der Waals surface area contributed by atoms with Crippen molar-refractivity contribution in [2.75, 3.05) is 0 Å². The summed E-state index contributed by atoms with van der Waals surface area (Å²) in [5.74, 6) is -9.44. The molecule has 19 heavy (non-hydrogen) atoms. The van der Waals surface area contributed by atoms with Gasteiger partial charge < -0.3 is 0 Å². The number of rotatable bonds is 3. The Morgan fingerprint density at radius 1 is 0.579 bits per heavy atom. The van der Waals surface area contributed by atoms with Crippen molar-refractivity contribution >= 4 is 0 Å². The summed E-state index contributed by atoms with van der Waals surface area (Å²) in [4.78, 5) is 0. The van der Waals surface area contributed by atoms with E-state index in [4.69, 9.17) is 0 Å². The Labute approximate surface area is 106 Å². The van der Waals surface area contributed by atoms with Crippen LogP contribution in [-0.4, -0.2) is 0 Å². The van der Waals surface area contributed by atoms with Gasteiger partial charge in [0.15, 0.2) is 23.3 Å². The topological polar surface area (TPSA) is 0 Å². The largest absolute Gasteiger partial charge is 0.203 e. The molecule has 0 nitrogen and oxygen atoms in total. The van der Waals surface area contributed by atoms with Gasteiger partial charge >= 0.3 is 0 Å². The van der Waals surface area contributed by atoms with Gasteiger partial charge in [0.1, 0.15) is 0 Å². The minimum Gasteiger partial charge on any atom is -0.203 e. The minimum atomic E-state index is -2.13. The molecule has 0 amide bonds. The van der Waals surface area contributed by atoms with Gasteiger partial charge in [0, 0.05) is 5.56 Å². The molecule has 0 unspecified atom stereocenters. The lowest BCUT2D eigenvalue weighted by Crippen LogP contribution is -2.08. The second-order valence-electron chi connectivity index (χ2n) is 4.03. The first kappa shape index (κ1) is 13.5. The van der Waals surface area contributed by atoms with E-state index in [0.717, 1.165) is 5.56 Å². The van der Waals surface area contributed by atoms with Crippen LogP contribution < -0.4 is 0 Å². The summed E-state index contributed by atoms with van der Waals surface area (Å²) < 4.78 is 65.5. The molecule has 2 aromatic carbocycles. The molecule has 0 saturated heterocycles. The second-order valence-corrected chi connectivity index (χ2v) is 4.03. The van der Waals surface area contributed by atoms with Crippen molar-refractivity contribution in [3.05, 3.63) is 70.5 Å². The van der Waals surface area contributed by atoms with Crippen LogP contribution in [0.15, 0.2) is 30.3 Å². The van der Waals surface area contributed by atoms with Gasteiger partial charge in [-0.1, -0.05) is 30.3 Å². The smallest absolute Gasteiger partial charge is 0.200 e. The van der Waals surface area contributed by atoms with Crippen LogP contribution in [0.2, 0.25) is 0 Å². The number of hydrogen-bond donors (Lipinski definition) is 0. The van der Waals surface area contributed by atoms with Crippen LogP contribution in [0, 0.1) is 29.1 Å². The summed E-state index contributed by atoms with van der Waals surface area (Å²) in [5, 5.41) is 0. The first-order valence-electron chi connectivity index (χ1n) is 5.56. The molecule has 5 heteroatoms. The van der Waals surface area contributed by atoms with E-state index in [2.05, 4.69) is 0 Å². The Morgan fingerprint density at radius 2 is 1.05 bits per heavy atom. The zero-order valence-electron chi connectivity index (χ0n) is 9.69. The third kappa shape index (κ3) is 2.59. The maximum Gasteiger partial charge on any atom is 0.200 e. The van der Waals surface area contributed by atoms with Gasteiger partial charge in [0.25, 0.3) is 0 Å². The molecule has 0 radical (unpaired) electrons. The zero-order valence-corrected chi connectivity index (χ0v) is 9.69. The fraction of sp³-hybridized carbons (Fsp3) is 0.143. The maximum atomic E-state index is 13.4. The molecule has 0 N–H and O–H groups in total. The monoisotopic (exact) mass is 272 g/mol. The lowest BCUT2D eigenvalue weighted by molar-refractivity contribution is 0.370. The van der Waals surface area contributed by atoms with Gasteiger partial charge in [-0.15, -0.1) is 0 Å². The van der Waals surface area contributed by atoms with Gasteiger partial charge in [-0.2, -0.15) is 0 Å². The molecule has 0 heterocycles. The van der Waals surface area contributed by atoms with E-state index in [9.17, 15) is 22.0 Å². The number of benzene rings is 2. The molecular formula is C14H9F5. The van der Waals surface area contributed by atoms with Gasteiger partial charge in [-0.25, -0.2) is 22.0 Å². The average Bonchev–Trinajstić information content (AvgIpc) is 2.44. The molecule has 0 spiro atoms. The third-order valence-electron chi connectivity index (χ3n) is 2.81. The van der Waals surface area contributed by atoms with Crippen molar-refractivity contribution in [2.45, 2.75) is 12.8 Å². The number of halogens is 5. The fourth-order valence-corrected chi connectivity index (χ4v) is 1.78. The summed E-state index contributed by atoms with van der Waals surface area (Å²) in [6, 6.07) is 8.65. The predicted molar refractivity (Wildman–Crippen MR) is 60.1 cm³/mol. The molecular weight excluding hydrogens is 263 g/mol. The van der Waals surface area contributed by atoms with E-state index in [-0.39, 0.29) is 12.8 Å². The summed E-state index contributed by atoms with van der Waals surface area (Å²) in [7, 11) is 0. The Hall–Kier alpha value is -1.91. The summed E-state index contributed by atoms with van der Waals surface area (Å²) in [6.07, 6.45) is -0.0605. The van der Waals surface area contributed by atoms with Crippen molar-refractivity contribution in [1.29, 1.82) is 0 Å². The highest BCUT2D eigenvalue weighted by Crippen LogP contribution is 2.24. The first-order valence-corrected chi connectivity index (χ1v) is 5.56. The zero-order chi connectivity index (χ0) is 14.0. The van der Waals surface area contributed by atoms with Crippen molar-refractivity contribution in [3.63, 3.8) is 0 Å². The van der Waals surface area contributed by atoms with Crippen LogP contribution in [-0.2, 0) is 12.8 Å². The van der Waals surface area contributed by atoms with E-state index in [1.807, 2.05) is 0 Å². The highest BCUT2D eigenvalue weighted by molar-refractivity contribution is 5.26. The average molecular weight is 272 g/mol. The van der Waals surface area contributed by atoms with E-state index in [1.54, 1.807) is 30.3 Å². The Balaban J connectivity index is 2.31. The molecule has 2 rings (SSSR count). The molecule has 0 aliphatic carbocycles. The lowest BCUT2D eigenvalue weighted by atomic mass is 10.0. The normalized spacial score (nSPS) is 10.8. The molecule has 0 atom stereocenters. The molecule has 0 fully saturated rings. The molecule has 0 aliphatic heterocycles. The highest BCUT2D eigenvalue weighted by atomic mass is 19.2. The molecule has 0 aliphatic rings. The second kappa shape index (κ2) is 5.38. The Kier molecular flexibility index (Phi) is 3.83. The van der Waals surface area contributed by atoms with Crippen LogP contribution in [0.5, 0.6) is 0 Å². The maximum absolute atomic E-state index is 13.4. The van der Waals surface area contributed by atoms with Crippen LogP contribution in [0.3, 0.4) is 0 Å². The van der Waals surface area contributed by atoms with Crippen LogP contribution in [0.1, 0.15) is 11.1 Å².